The Morgan fingerprint density at radius 2 is 1.81 bits per heavy atom. The number of aryl methyl sites for hydroxylation is 4. The summed E-state index contributed by atoms with van der Waals surface area (Å²) in [6, 6.07) is 8.05. The van der Waals surface area contributed by atoms with Gasteiger partial charge in [0.2, 0.25) is 0 Å². The smallest absolute Gasteiger partial charge is 0.265 e. The van der Waals surface area contributed by atoms with Crippen LogP contribution in [0.5, 0.6) is 0 Å². The van der Waals surface area contributed by atoms with Crippen molar-refractivity contribution in [2.24, 2.45) is 0 Å². The van der Waals surface area contributed by atoms with Crippen molar-refractivity contribution in [3.8, 4) is 10.8 Å². The Labute approximate surface area is 191 Å². The van der Waals surface area contributed by atoms with Crippen LogP contribution in [0.3, 0.4) is 0 Å². The van der Waals surface area contributed by atoms with Crippen LogP contribution in [-0.2, 0) is 6.54 Å². The fourth-order valence-corrected chi connectivity index (χ4v) is 5.22. The second-order valence-corrected chi connectivity index (χ2v) is 9.49. The van der Waals surface area contributed by atoms with Crippen molar-refractivity contribution in [2.75, 3.05) is 26.2 Å². The van der Waals surface area contributed by atoms with E-state index in [0.29, 0.717) is 18.0 Å². The summed E-state index contributed by atoms with van der Waals surface area (Å²) < 4.78 is 7.86. The topological polar surface area (TPSA) is 66.9 Å². The third-order valence-electron chi connectivity index (χ3n) is 6.06. The molecule has 5 heterocycles. The Bertz CT molecular complexity index is 1290. The van der Waals surface area contributed by atoms with Crippen LogP contribution in [0, 0.1) is 27.7 Å². The zero-order valence-corrected chi connectivity index (χ0v) is 19.7. The van der Waals surface area contributed by atoms with E-state index in [4.69, 9.17) is 9.40 Å². The van der Waals surface area contributed by atoms with Crippen LogP contribution >= 0.6 is 11.3 Å². The van der Waals surface area contributed by atoms with Gasteiger partial charge in [0.1, 0.15) is 16.3 Å². The molecule has 8 heteroatoms. The lowest BCUT2D eigenvalue weighted by molar-refractivity contribution is 0.0630. The van der Waals surface area contributed by atoms with Crippen molar-refractivity contribution in [2.45, 2.75) is 34.2 Å². The minimum absolute atomic E-state index is 0.0654. The first-order valence-corrected chi connectivity index (χ1v) is 11.7. The van der Waals surface area contributed by atoms with Crippen molar-refractivity contribution < 1.29 is 9.21 Å². The number of nitrogens with zero attached hydrogens (tertiary/aromatic N) is 5. The lowest BCUT2D eigenvalue weighted by Gasteiger charge is -2.34. The van der Waals surface area contributed by atoms with Gasteiger partial charge in [-0.05, 0) is 57.5 Å². The van der Waals surface area contributed by atoms with E-state index in [1.165, 1.54) is 22.6 Å². The zero-order chi connectivity index (χ0) is 22.4. The number of piperazine rings is 1. The molecule has 166 valence electrons. The molecule has 7 nitrogen and oxygen atoms in total. The molecule has 0 aliphatic carbocycles. The molecule has 1 aliphatic heterocycles. The molecule has 0 spiro atoms. The van der Waals surface area contributed by atoms with Crippen molar-refractivity contribution >= 4 is 22.9 Å². The summed E-state index contributed by atoms with van der Waals surface area (Å²) in [6.45, 7) is 11.9. The Morgan fingerprint density at radius 1 is 1.03 bits per heavy atom. The normalized spacial score (nSPS) is 15.1. The van der Waals surface area contributed by atoms with Crippen LogP contribution in [0.4, 0.5) is 0 Å². The van der Waals surface area contributed by atoms with Gasteiger partial charge in [0.15, 0.2) is 10.8 Å². The van der Waals surface area contributed by atoms with E-state index in [1.54, 1.807) is 0 Å². The number of pyridine rings is 1. The summed E-state index contributed by atoms with van der Waals surface area (Å²) in [5, 5.41) is 0.760. The molecule has 0 atom stereocenters. The number of hydrogen-bond donors (Lipinski definition) is 0. The maximum absolute atomic E-state index is 13.2. The largest absolute Gasteiger partial charge is 0.459 e. The van der Waals surface area contributed by atoms with Crippen molar-refractivity contribution in [1.29, 1.82) is 0 Å². The molecule has 5 rings (SSSR count). The molecule has 4 aromatic rings. The van der Waals surface area contributed by atoms with E-state index in [-0.39, 0.29) is 5.91 Å². The van der Waals surface area contributed by atoms with Gasteiger partial charge in [-0.25, -0.2) is 9.97 Å². The number of amides is 1. The summed E-state index contributed by atoms with van der Waals surface area (Å²) in [4.78, 5) is 27.5. The van der Waals surface area contributed by atoms with Crippen LogP contribution in [0.15, 0.2) is 34.9 Å². The maximum Gasteiger partial charge on any atom is 0.265 e. The first-order valence-electron chi connectivity index (χ1n) is 10.9. The van der Waals surface area contributed by atoms with Crippen molar-refractivity contribution in [3.63, 3.8) is 0 Å². The fourth-order valence-electron chi connectivity index (χ4n) is 4.22. The maximum atomic E-state index is 13.2. The van der Waals surface area contributed by atoms with E-state index in [0.717, 1.165) is 53.2 Å². The quantitative estimate of drug-likeness (QED) is 0.466. The highest BCUT2D eigenvalue weighted by Crippen LogP contribution is 2.30. The number of rotatable bonds is 4. The molecule has 0 unspecified atom stereocenters. The highest BCUT2D eigenvalue weighted by atomic mass is 32.1. The van der Waals surface area contributed by atoms with E-state index < -0.39 is 0 Å². The third kappa shape index (κ3) is 3.84. The van der Waals surface area contributed by atoms with E-state index >= 15 is 0 Å². The van der Waals surface area contributed by atoms with Gasteiger partial charge < -0.3 is 13.7 Å². The van der Waals surface area contributed by atoms with Crippen LogP contribution < -0.4 is 0 Å². The van der Waals surface area contributed by atoms with Crippen molar-refractivity contribution in [1.82, 2.24) is 24.2 Å². The molecule has 1 aliphatic rings. The first kappa shape index (κ1) is 20.9. The number of thiazole rings is 1. The molecule has 0 bridgehead atoms. The average molecular weight is 450 g/mol. The molecule has 0 N–H and O–H groups in total. The second kappa shape index (κ2) is 8.18. The molecule has 0 aromatic carbocycles. The summed E-state index contributed by atoms with van der Waals surface area (Å²) in [5.41, 5.74) is 5.26. The van der Waals surface area contributed by atoms with Gasteiger partial charge in [-0.3, -0.25) is 9.69 Å². The summed E-state index contributed by atoms with van der Waals surface area (Å²) in [6.07, 6.45) is 2.10. The van der Waals surface area contributed by atoms with Crippen LogP contribution in [0.25, 0.3) is 16.4 Å². The Balaban J connectivity index is 1.26. The van der Waals surface area contributed by atoms with Gasteiger partial charge >= 0.3 is 0 Å². The number of hydrogen-bond acceptors (Lipinski definition) is 6. The van der Waals surface area contributed by atoms with Gasteiger partial charge in [0, 0.05) is 38.9 Å². The van der Waals surface area contributed by atoms with Crippen molar-refractivity contribution in [3.05, 3.63) is 63.7 Å². The summed E-state index contributed by atoms with van der Waals surface area (Å²) in [7, 11) is 0. The molecule has 4 aromatic heterocycles. The highest BCUT2D eigenvalue weighted by molar-refractivity contribution is 7.17. The molecular formula is C24H27N5O2S. The SMILES string of the molecule is Cc1ccn2c(CN3CCN(C(=O)c4sc(-c5ccc(C)o5)nc4C)CC3)c(C)nc2c1. The number of carbonyl (C=O) groups excluding carboxylic acids is 1. The number of fused-ring (bicyclic) bond motifs is 1. The average Bonchev–Trinajstić information content (AvgIpc) is 3.45. The van der Waals surface area contributed by atoms with Gasteiger partial charge in [-0.15, -0.1) is 11.3 Å². The number of carbonyl (C=O) groups is 1. The van der Waals surface area contributed by atoms with Gasteiger partial charge in [0.25, 0.3) is 5.91 Å². The van der Waals surface area contributed by atoms with E-state index in [1.807, 2.05) is 30.9 Å². The lowest BCUT2D eigenvalue weighted by Crippen LogP contribution is -2.48. The Hall–Kier alpha value is -2.97. The zero-order valence-electron chi connectivity index (χ0n) is 18.9. The number of furan rings is 1. The standard InChI is InChI=1S/C24H27N5O2S/c1-15-7-8-29-19(17(3)25-21(29)13-15)14-27-9-11-28(12-10-27)24(30)22-18(4)26-23(32-22)20-6-5-16(2)31-20/h5-8,13H,9-12,14H2,1-4H3. The molecule has 32 heavy (non-hydrogen) atoms. The first-order chi connectivity index (χ1) is 15.4. The van der Waals surface area contributed by atoms with Gasteiger partial charge in [-0.1, -0.05) is 0 Å². The Morgan fingerprint density at radius 3 is 2.53 bits per heavy atom. The predicted molar refractivity (Wildman–Crippen MR) is 125 cm³/mol. The Kier molecular flexibility index (Phi) is 5.35. The minimum Gasteiger partial charge on any atom is -0.459 e. The van der Waals surface area contributed by atoms with Gasteiger partial charge in [0.05, 0.1) is 17.1 Å². The fraction of sp³-hybridized carbons (Fsp3) is 0.375. The molecule has 0 radical (unpaired) electrons. The predicted octanol–water partition coefficient (Wildman–Crippen LogP) is 4.24. The molecule has 1 fully saturated rings. The number of imidazole rings is 1. The van der Waals surface area contributed by atoms with E-state index in [2.05, 4.69) is 46.5 Å². The molecule has 1 saturated heterocycles. The minimum atomic E-state index is 0.0654. The molecular weight excluding hydrogens is 422 g/mol. The van der Waals surface area contributed by atoms with Crippen LogP contribution in [0.2, 0.25) is 0 Å². The van der Waals surface area contributed by atoms with Gasteiger partial charge in [-0.2, -0.15) is 0 Å². The van der Waals surface area contributed by atoms with Crippen LogP contribution in [0.1, 0.15) is 38.1 Å². The van der Waals surface area contributed by atoms with E-state index in [9.17, 15) is 4.79 Å². The monoisotopic (exact) mass is 449 g/mol. The highest BCUT2D eigenvalue weighted by Gasteiger charge is 2.27. The van der Waals surface area contributed by atoms with Crippen LogP contribution in [-0.4, -0.2) is 56.3 Å². The second-order valence-electron chi connectivity index (χ2n) is 8.49. The summed E-state index contributed by atoms with van der Waals surface area (Å²) in [5.74, 6) is 1.63. The molecule has 0 saturated carbocycles. The lowest BCUT2D eigenvalue weighted by atomic mass is 10.2. The summed E-state index contributed by atoms with van der Waals surface area (Å²) >= 11 is 1.42. The molecule has 1 amide bonds. The number of aromatic nitrogens is 3. The third-order valence-corrected chi connectivity index (χ3v) is 7.22.